The third-order valence-electron chi connectivity index (χ3n) is 2.71. The van der Waals surface area contributed by atoms with E-state index >= 15 is 0 Å². The van der Waals surface area contributed by atoms with Crippen LogP contribution in [0.15, 0.2) is 6.07 Å². The first-order valence-electron chi connectivity index (χ1n) is 5.42. The lowest BCUT2D eigenvalue weighted by atomic mass is 9.90. The van der Waals surface area contributed by atoms with Gasteiger partial charge in [-0.05, 0) is 6.42 Å². The summed E-state index contributed by atoms with van der Waals surface area (Å²) < 4.78 is 57.1. The summed E-state index contributed by atoms with van der Waals surface area (Å²) in [5.41, 5.74) is 4.88. The van der Waals surface area contributed by atoms with E-state index in [2.05, 4.69) is 0 Å². The molecule has 0 fully saturated rings. The monoisotopic (exact) mass is 295 g/mol. The van der Waals surface area contributed by atoms with Crippen molar-refractivity contribution >= 4 is 17.2 Å². The van der Waals surface area contributed by atoms with Gasteiger partial charge in [-0.1, -0.05) is 26.1 Å². The zero-order valence-electron chi connectivity index (χ0n) is 10.4. The zero-order chi connectivity index (χ0) is 14.8. The molecule has 0 aliphatic carbocycles. The molecule has 0 spiro atoms. The average molecular weight is 295 g/mol. The van der Waals surface area contributed by atoms with Crippen molar-refractivity contribution in [2.45, 2.75) is 20.3 Å². The number of nitrogens with two attached hydrogens (primary N) is 1. The van der Waals surface area contributed by atoms with Gasteiger partial charge in [0.1, 0.15) is 0 Å². The predicted molar refractivity (Wildman–Crippen MR) is 67.0 cm³/mol. The minimum Gasteiger partial charge on any atom is -0.487 e. The number of halogens is 4. The van der Waals surface area contributed by atoms with Crippen LogP contribution in [-0.2, 0) is 0 Å². The quantitative estimate of drug-likeness (QED) is 0.514. The van der Waals surface area contributed by atoms with Crippen molar-refractivity contribution in [2.75, 3.05) is 6.61 Å². The highest BCUT2D eigenvalue weighted by molar-refractivity contribution is 7.80. The van der Waals surface area contributed by atoms with Crippen LogP contribution in [0.4, 0.5) is 17.6 Å². The van der Waals surface area contributed by atoms with Crippen molar-refractivity contribution in [1.29, 1.82) is 0 Å². The Morgan fingerprint density at radius 1 is 1.21 bits per heavy atom. The highest BCUT2D eigenvalue weighted by Gasteiger charge is 2.24. The Hall–Kier alpha value is -1.37. The van der Waals surface area contributed by atoms with E-state index in [9.17, 15) is 17.6 Å². The Balaban J connectivity index is 2.82. The SMILES string of the molecule is CC(C)(CCOc1c(F)c(F)cc(F)c1F)C(N)=S. The van der Waals surface area contributed by atoms with Crippen LogP contribution >= 0.6 is 12.2 Å². The first kappa shape index (κ1) is 15.7. The van der Waals surface area contributed by atoms with Gasteiger partial charge >= 0.3 is 0 Å². The van der Waals surface area contributed by atoms with Gasteiger partial charge in [0.2, 0.25) is 11.6 Å². The summed E-state index contributed by atoms with van der Waals surface area (Å²) in [6, 6.07) is 0.122. The predicted octanol–water partition coefficient (Wildman–Crippen LogP) is 3.32. The van der Waals surface area contributed by atoms with Crippen LogP contribution in [0.3, 0.4) is 0 Å². The normalized spacial score (nSPS) is 11.5. The van der Waals surface area contributed by atoms with E-state index in [0.29, 0.717) is 0 Å². The van der Waals surface area contributed by atoms with Crippen LogP contribution < -0.4 is 10.5 Å². The number of hydrogen-bond acceptors (Lipinski definition) is 2. The fourth-order valence-corrected chi connectivity index (χ4v) is 1.31. The molecule has 1 rings (SSSR count). The zero-order valence-corrected chi connectivity index (χ0v) is 11.2. The Morgan fingerprint density at radius 3 is 2.11 bits per heavy atom. The first-order valence-corrected chi connectivity index (χ1v) is 5.83. The van der Waals surface area contributed by atoms with Crippen molar-refractivity contribution in [3.05, 3.63) is 29.3 Å². The van der Waals surface area contributed by atoms with E-state index in [4.69, 9.17) is 22.7 Å². The molecule has 0 radical (unpaired) electrons. The van der Waals surface area contributed by atoms with E-state index < -0.39 is 34.4 Å². The molecular weight excluding hydrogens is 282 g/mol. The van der Waals surface area contributed by atoms with Crippen molar-refractivity contribution in [3.63, 3.8) is 0 Å². The van der Waals surface area contributed by atoms with E-state index in [1.807, 2.05) is 0 Å². The molecule has 7 heteroatoms. The lowest BCUT2D eigenvalue weighted by Crippen LogP contribution is -2.31. The molecule has 0 aliphatic rings. The second kappa shape index (κ2) is 5.73. The number of benzene rings is 1. The molecule has 0 amide bonds. The Labute approximate surface area is 113 Å². The van der Waals surface area contributed by atoms with Gasteiger partial charge in [0, 0.05) is 11.5 Å². The van der Waals surface area contributed by atoms with Gasteiger partial charge in [0.25, 0.3) is 0 Å². The van der Waals surface area contributed by atoms with Gasteiger partial charge in [-0.2, -0.15) is 8.78 Å². The Bertz CT molecular complexity index is 479. The fraction of sp³-hybridized carbons (Fsp3) is 0.417. The molecule has 0 saturated carbocycles. The molecule has 19 heavy (non-hydrogen) atoms. The minimum absolute atomic E-state index is 0.122. The molecule has 0 bridgehead atoms. The molecule has 1 aromatic carbocycles. The summed E-state index contributed by atoms with van der Waals surface area (Å²) in [4.78, 5) is 0.211. The summed E-state index contributed by atoms with van der Waals surface area (Å²) in [7, 11) is 0. The van der Waals surface area contributed by atoms with Gasteiger partial charge < -0.3 is 10.5 Å². The summed E-state index contributed by atoms with van der Waals surface area (Å²) in [5, 5.41) is 0. The average Bonchev–Trinajstić information content (AvgIpc) is 2.31. The highest BCUT2D eigenvalue weighted by atomic mass is 32.1. The van der Waals surface area contributed by atoms with E-state index in [0.717, 1.165) is 0 Å². The van der Waals surface area contributed by atoms with Crippen LogP contribution in [0.25, 0.3) is 0 Å². The lowest BCUT2D eigenvalue weighted by molar-refractivity contribution is 0.240. The van der Waals surface area contributed by atoms with Gasteiger partial charge in [0.15, 0.2) is 17.4 Å². The van der Waals surface area contributed by atoms with Crippen molar-refractivity contribution < 1.29 is 22.3 Å². The standard InChI is InChI=1S/C12H13F4NOS/c1-12(2,11(17)19)3-4-18-10-8(15)6(13)5-7(14)9(10)16/h5H,3-4H2,1-2H3,(H2,17,19). The largest absolute Gasteiger partial charge is 0.487 e. The third-order valence-corrected chi connectivity index (χ3v) is 3.26. The maximum Gasteiger partial charge on any atom is 0.203 e. The van der Waals surface area contributed by atoms with E-state index in [-0.39, 0.29) is 24.1 Å². The summed E-state index contributed by atoms with van der Waals surface area (Å²) in [6.45, 7) is 3.26. The van der Waals surface area contributed by atoms with Gasteiger partial charge in [-0.3, -0.25) is 0 Å². The molecule has 0 aliphatic heterocycles. The molecule has 106 valence electrons. The van der Waals surface area contributed by atoms with Crippen LogP contribution in [-0.4, -0.2) is 11.6 Å². The summed E-state index contributed by atoms with van der Waals surface area (Å²) >= 11 is 4.81. The van der Waals surface area contributed by atoms with Gasteiger partial charge in [-0.25, -0.2) is 8.78 Å². The number of thiocarbonyl (C=S) groups is 1. The number of ether oxygens (including phenoxy) is 1. The van der Waals surface area contributed by atoms with Gasteiger partial charge in [-0.15, -0.1) is 0 Å². The molecule has 0 aromatic heterocycles. The first-order chi connectivity index (χ1) is 8.66. The maximum absolute atomic E-state index is 13.3. The Kier molecular flexibility index (Phi) is 4.73. The molecule has 1 aromatic rings. The van der Waals surface area contributed by atoms with Crippen LogP contribution in [0.1, 0.15) is 20.3 Å². The molecule has 2 nitrogen and oxygen atoms in total. The maximum atomic E-state index is 13.3. The molecule has 0 heterocycles. The fourth-order valence-electron chi connectivity index (χ4n) is 1.21. The molecule has 0 atom stereocenters. The lowest BCUT2D eigenvalue weighted by Gasteiger charge is -2.23. The minimum atomic E-state index is -1.56. The summed E-state index contributed by atoms with van der Waals surface area (Å²) in [5.74, 6) is -7.22. The highest BCUT2D eigenvalue weighted by Crippen LogP contribution is 2.28. The van der Waals surface area contributed by atoms with E-state index in [1.54, 1.807) is 13.8 Å². The van der Waals surface area contributed by atoms with E-state index in [1.165, 1.54) is 0 Å². The molecular formula is C12H13F4NOS. The summed E-state index contributed by atoms with van der Waals surface area (Å²) in [6.07, 6.45) is 0.249. The Morgan fingerprint density at radius 2 is 1.68 bits per heavy atom. The van der Waals surface area contributed by atoms with Gasteiger partial charge in [0.05, 0.1) is 11.6 Å². The van der Waals surface area contributed by atoms with Crippen molar-refractivity contribution in [3.8, 4) is 5.75 Å². The third kappa shape index (κ3) is 3.56. The van der Waals surface area contributed by atoms with Crippen LogP contribution in [0.2, 0.25) is 0 Å². The van der Waals surface area contributed by atoms with Crippen molar-refractivity contribution in [2.24, 2.45) is 11.1 Å². The van der Waals surface area contributed by atoms with Crippen LogP contribution in [0.5, 0.6) is 5.75 Å². The van der Waals surface area contributed by atoms with Crippen molar-refractivity contribution in [1.82, 2.24) is 0 Å². The second-order valence-corrected chi connectivity index (χ2v) is 5.08. The molecule has 0 saturated heterocycles. The molecule has 0 unspecified atom stereocenters. The second-order valence-electron chi connectivity index (χ2n) is 4.64. The topological polar surface area (TPSA) is 35.2 Å². The number of hydrogen-bond donors (Lipinski definition) is 1. The smallest absolute Gasteiger partial charge is 0.203 e. The number of rotatable bonds is 5. The van der Waals surface area contributed by atoms with Crippen LogP contribution in [0, 0.1) is 28.7 Å². The molecule has 2 N–H and O–H groups in total.